The predicted molar refractivity (Wildman–Crippen MR) is 71.4 cm³/mol. The first kappa shape index (κ1) is 15.1. The van der Waals surface area contributed by atoms with Crippen molar-refractivity contribution < 1.29 is 9.84 Å². The van der Waals surface area contributed by atoms with E-state index in [1.54, 1.807) is 6.20 Å². The van der Waals surface area contributed by atoms with Gasteiger partial charge in [0, 0.05) is 31.6 Å². The Morgan fingerprint density at radius 3 is 2.72 bits per heavy atom. The van der Waals surface area contributed by atoms with Gasteiger partial charge in [0.05, 0.1) is 19.3 Å². The molecule has 0 saturated carbocycles. The minimum Gasteiger partial charge on any atom is -0.389 e. The van der Waals surface area contributed by atoms with E-state index in [0.29, 0.717) is 25.7 Å². The molecule has 0 aromatic carbocycles. The lowest BCUT2D eigenvalue weighted by Gasteiger charge is -2.17. The first-order chi connectivity index (χ1) is 8.58. The summed E-state index contributed by atoms with van der Waals surface area (Å²) < 4.78 is 7.26. The summed E-state index contributed by atoms with van der Waals surface area (Å²) in [6.45, 7) is 8.68. The van der Waals surface area contributed by atoms with Gasteiger partial charge in [-0.05, 0) is 18.9 Å². The van der Waals surface area contributed by atoms with E-state index in [4.69, 9.17) is 4.74 Å². The van der Waals surface area contributed by atoms with Crippen LogP contribution in [0.2, 0.25) is 0 Å². The lowest BCUT2D eigenvalue weighted by molar-refractivity contribution is 0.0249. The zero-order chi connectivity index (χ0) is 13.4. The molecule has 0 fully saturated rings. The Balaban J connectivity index is 2.08. The molecular formula is C13H25N3O2. The van der Waals surface area contributed by atoms with Gasteiger partial charge in [0.15, 0.2) is 0 Å². The van der Waals surface area contributed by atoms with Crippen LogP contribution in [0.25, 0.3) is 0 Å². The monoisotopic (exact) mass is 255 g/mol. The number of ether oxygens (including phenoxy) is 1. The number of hydrogen-bond donors (Lipinski definition) is 2. The number of aliphatic hydroxyl groups excluding tert-OH is 1. The highest BCUT2D eigenvalue weighted by atomic mass is 16.5. The Labute approximate surface area is 109 Å². The molecule has 5 heteroatoms. The normalized spacial score (nSPS) is 14.9. The predicted octanol–water partition coefficient (Wildman–Crippen LogP) is 0.895. The summed E-state index contributed by atoms with van der Waals surface area (Å²) in [6.07, 6.45) is 3.24. The second kappa shape index (κ2) is 8.24. The van der Waals surface area contributed by atoms with Crippen LogP contribution in [0.15, 0.2) is 18.5 Å². The molecule has 0 aliphatic carbocycles. The highest BCUT2D eigenvalue weighted by molar-refractivity contribution is 4.79. The Morgan fingerprint density at radius 2 is 2.11 bits per heavy atom. The van der Waals surface area contributed by atoms with Crippen molar-refractivity contribution in [1.82, 2.24) is 15.1 Å². The Bertz CT molecular complexity index is 301. The van der Waals surface area contributed by atoms with Gasteiger partial charge in [-0.3, -0.25) is 4.68 Å². The molecule has 104 valence electrons. The fourth-order valence-corrected chi connectivity index (χ4v) is 1.59. The van der Waals surface area contributed by atoms with E-state index < -0.39 is 6.10 Å². The van der Waals surface area contributed by atoms with Gasteiger partial charge in [-0.25, -0.2) is 0 Å². The number of nitrogens with zero attached hydrogens (tertiary/aromatic N) is 2. The van der Waals surface area contributed by atoms with Crippen LogP contribution in [0.1, 0.15) is 20.8 Å². The second-order valence-corrected chi connectivity index (χ2v) is 5.12. The molecule has 0 aliphatic heterocycles. The van der Waals surface area contributed by atoms with Crippen LogP contribution in [-0.2, 0) is 11.3 Å². The van der Waals surface area contributed by atoms with E-state index >= 15 is 0 Å². The molecule has 2 atom stereocenters. The lowest BCUT2D eigenvalue weighted by atomic mass is 10.2. The number of aliphatic hydroxyl groups is 1. The van der Waals surface area contributed by atoms with Crippen molar-refractivity contribution in [3.8, 4) is 0 Å². The van der Waals surface area contributed by atoms with Gasteiger partial charge < -0.3 is 15.2 Å². The number of rotatable bonds is 9. The van der Waals surface area contributed by atoms with Crippen LogP contribution >= 0.6 is 0 Å². The molecule has 0 bridgehead atoms. The van der Waals surface area contributed by atoms with Gasteiger partial charge in [0.25, 0.3) is 0 Å². The summed E-state index contributed by atoms with van der Waals surface area (Å²) in [4.78, 5) is 0. The molecular weight excluding hydrogens is 230 g/mol. The van der Waals surface area contributed by atoms with Gasteiger partial charge in [-0.1, -0.05) is 13.8 Å². The van der Waals surface area contributed by atoms with E-state index in [0.717, 1.165) is 6.54 Å². The second-order valence-electron chi connectivity index (χ2n) is 5.12. The standard InChI is InChI=1S/C13H25N3O2/c1-11(2)9-18-10-13(17)7-14-12(3)8-16-6-4-5-15-16/h4-6,11-14,17H,7-10H2,1-3H3. The van der Waals surface area contributed by atoms with Gasteiger partial charge in [-0.2, -0.15) is 5.10 Å². The maximum atomic E-state index is 9.73. The van der Waals surface area contributed by atoms with Crippen molar-refractivity contribution in [2.24, 2.45) is 5.92 Å². The maximum Gasteiger partial charge on any atom is 0.0897 e. The van der Waals surface area contributed by atoms with E-state index in [1.165, 1.54) is 0 Å². The number of nitrogens with one attached hydrogen (secondary N) is 1. The van der Waals surface area contributed by atoms with Gasteiger partial charge in [0.1, 0.15) is 0 Å². The maximum absolute atomic E-state index is 9.73. The van der Waals surface area contributed by atoms with Crippen molar-refractivity contribution >= 4 is 0 Å². The molecule has 5 nitrogen and oxygen atoms in total. The summed E-state index contributed by atoms with van der Waals surface area (Å²) in [5.74, 6) is 0.504. The topological polar surface area (TPSA) is 59.3 Å². The van der Waals surface area contributed by atoms with Crippen LogP contribution in [-0.4, -0.2) is 46.8 Å². The van der Waals surface area contributed by atoms with E-state index in [1.807, 2.05) is 16.9 Å². The van der Waals surface area contributed by atoms with Crippen LogP contribution < -0.4 is 5.32 Å². The van der Waals surface area contributed by atoms with Crippen molar-refractivity contribution in [1.29, 1.82) is 0 Å². The Hall–Kier alpha value is -0.910. The van der Waals surface area contributed by atoms with E-state index in [-0.39, 0.29) is 6.04 Å². The van der Waals surface area contributed by atoms with E-state index in [9.17, 15) is 5.11 Å². The average Bonchev–Trinajstić information content (AvgIpc) is 2.78. The van der Waals surface area contributed by atoms with Crippen molar-refractivity contribution in [3.63, 3.8) is 0 Å². The van der Waals surface area contributed by atoms with Crippen molar-refractivity contribution in [3.05, 3.63) is 18.5 Å². The van der Waals surface area contributed by atoms with Gasteiger partial charge >= 0.3 is 0 Å². The number of aromatic nitrogens is 2. The molecule has 0 radical (unpaired) electrons. The van der Waals surface area contributed by atoms with Gasteiger partial charge in [0.2, 0.25) is 0 Å². The van der Waals surface area contributed by atoms with E-state index in [2.05, 4.69) is 31.2 Å². The molecule has 0 amide bonds. The zero-order valence-corrected chi connectivity index (χ0v) is 11.5. The molecule has 0 saturated heterocycles. The minimum atomic E-state index is -0.455. The van der Waals surface area contributed by atoms with Gasteiger partial charge in [-0.15, -0.1) is 0 Å². The Kier molecular flexibility index (Phi) is 6.93. The zero-order valence-electron chi connectivity index (χ0n) is 11.5. The molecule has 1 aromatic heterocycles. The summed E-state index contributed by atoms with van der Waals surface area (Å²) in [7, 11) is 0. The largest absolute Gasteiger partial charge is 0.389 e. The smallest absolute Gasteiger partial charge is 0.0897 e. The van der Waals surface area contributed by atoms with Crippen LogP contribution in [0.3, 0.4) is 0 Å². The fourth-order valence-electron chi connectivity index (χ4n) is 1.59. The molecule has 2 N–H and O–H groups in total. The molecule has 0 spiro atoms. The minimum absolute atomic E-state index is 0.268. The third kappa shape index (κ3) is 6.74. The Morgan fingerprint density at radius 1 is 1.33 bits per heavy atom. The molecule has 1 heterocycles. The van der Waals surface area contributed by atoms with Crippen LogP contribution in [0.4, 0.5) is 0 Å². The third-order valence-corrected chi connectivity index (χ3v) is 2.48. The molecule has 2 unspecified atom stereocenters. The summed E-state index contributed by atoms with van der Waals surface area (Å²) in [5.41, 5.74) is 0. The fraction of sp³-hybridized carbons (Fsp3) is 0.769. The quantitative estimate of drug-likeness (QED) is 0.688. The number of hydrogen-bond acceptors (Lipinski definition) is 4. The molecule has 1 rings (SSSR count). The first-order valence-corrected chi connectivity index (χ1v) is 6.54. The average molecular weight is 255 g/mol. The molecule has 1 aromatic rings. The summed E-state index contributed by atoms with van der Waals surface area (Å²) in [5, 5.41) is 17.1. The van der Waals surface area contributed by atoms with Crippen molar-refractivity contribution in [2.45, 2.75) is 39.5 Å². The highest BCUT2D eigenvalue weighted by Crippen LogP contribution is 1.95. The molecule has 18 heavy (non-hydrogen) atoms. The highest BCUT2D eigenvalue weighted by Gasteiger charge is 2.08. The third-order valence-electron chi connectivity index (χ3n) is 2.48. The SMILES string of the molecule is CC(C)COCC(O)CNC(C)Cn1cccn1. The van der Waals surface area contributed by atoms with Crippen LogP contribution in [0, 0.1) is 5.92 Å². The van der Waals surface area contributed by atoms with Crippen LogP contribution in [0.5, 0.6) is 0 Å². The summed E-state index contributed by atoms with van der Waals surface area (Å²) >= 11 is 0. The first-order valence-electron chi connectivity index (χ1n) is 6.54. The molecule has 0 aliphatic rings. The summed E-state index contributed by atoms with van der Waals surface area (Å²) in [6, 6.07) is 2.17. The van der Waals surface area contributed by atoms with Crippen molar-refractivity contribution in [2.75, 3.05) is 19.8 Å². The lowest BCUT2D eigenvalue weighted by Crippen LogP contribution is -2.38.